The molecule has 0 saturated carbocycles. The molecule has 1 aliphatic carbocycles. The summed E-state index contributed by atoms with van der Waals surface area (Å²) >= 11 is 0. The summed E-state index contributed by atoms with van der Waals surface area (Å²) in [6, 6.07) is 0. The van der Waals surface area contributed by atoms with Crippen molar-refractivity contribution in [2.24, 2.45) is 0 Å². The lowest BCUT2D eigenvalue weighted by molar-refractivity contribution is 0.962. The summed E-state index contributed by atoms with van der Waals surface area (Å²) < 4.78 is 0. The lowest BCUT2D eigenvalue weighted by Crippen LogP contribution is -1.71. The van der Waals surface area contributed by atoms with Gasteiger partial charge in [-0.25, -0.2) is 0 Å². The van der Waals surface area contributed by atoms with E-state index in [4.69, 9.17) is 0 Å². The van der Waals surface area contributed by atoms with E-state index in [0.29, 0.717) is 0 Å². The first-order chi connectivity index (χ1) is 4.00. The maximum absolute atomic E-state index is 2.27. The molecule has 0 amide bonds. The zero-order valence-corrected chi connectivity index (χ0v) is 5.14. The SMILES string of the molecule is C1=CCCC=CCC1. The van der Waals surface area contributed by atoms with Crippen molar-refractivity contribution in [1.82, 2.24) is 0 Å². The largest absolute Gasteiger partial charge is 0.0882 e. The van der Waals surface area contributed by atoms with Crippen molar-refractivity contribution in [2.75, 3.05) is 0 Å². The average Bonchev–Trinajstić information content (AvgIpc) is 1.62. The van der Waals surface area contributed by atoms with Crippen molar-refractivity contribution < 1.29 is 0 Å². The Labute approximate surface area is 50.9 Å². The molecule has 0 spiro atoms. The van der Waals surface area contributed by atoms with E-state index in [0.717, 1.165) is 0 Å². The van der Waals surface area contributed by atoms with Crippen molar-refractivity contribution in [3.8, 4) is 0 Å². The predicted octanol–water partition coefficient (Wildman–Crippen LogP) is 2.67. The van der Waals surface area contributed by atoms with Gasteiger partial charge in [0.25, 0.3) is 0 Å². The molecule has 0 heteroatoms. The van der Waals surface area contributed by atoms with Gasteiger partial charge in [0.1, 0.15) is 0 Å². The molecule has 8 heavy (non-hydrogen) atoms. The number of allylic oxidation sites excluding steroid dienone is 4. The zero-order chi connectivity index (χ0) is 5.66. The Hall–Kier alpha value is -0.520. The third-order valence-electron chi connectivity index (χ3n) is 1.33. The summed E-state index contributed by atoms with van der Waals surface area (Å²) in [6.07, 6.45) is 14.0. The van der Waals surface area contributed by atoms with Crippen molar-refractivity contribution >= 4 is 0 Å². The Morgan fingerprint density at radius 2 is 0.750 bits per heavy atom. The van der Waals surface area contributed by atoms with Gasteiger partial charge < -0.3 is 0 Å². The van der Waals surface area contributed by atoms with Crippen LogP contribution in [0.5, 0.6) is 0 Å². The van der Waals surface area contributed by atoms with Gasteiger partial charge in [-0.3, -0.25) is 0 Å². The fourth-order valence-corrected chi connectivity index (χ4v) is 0.856. The lowest BCUT2D eigenvalue weighted by atomic mass is 10.1. The standard InChI is InChI=1S/C8H12/c1-2-4-6-8-7-5-3-1/h1-2,7-8H,3-6H2. The summed E-state index contributed by atoms with van der Waals surface area (Å²) in [5, 5.41) is 0. The molecular formula is C8H12. The Balaban J connectivity index is 2.29. The van der Waals surface area contributed by atoms with Gasteiger partial charge in [0.05, 0.1) is 0 Å². The summed E-state index contributed by atoms with van der Waals surface area (Å²) in [5.41, 5.74) is 0. The van der Waals surface area contributed by atoms with E-state index in [9.17, 15) is 0 Å². The molecule has 0 aromatic carbocycles. The molecule has 0 bridgehead atoms. The van der Waals surface area contributed by atoms with Gasteiger partial charge in [-0.05, 0) is 25.7 Å². The number of rotatable bonds is 0. The maximum Gasteiger partial charge on any atom is -0.0316 e. The molecule has 0 N–H and O–H groups in total. The minimum absolute atomic E-state index is 1.23. The highest BCUT2D eigenvalue weighted by molar-refractivity contribution is 4.93. The highest BCUT2D eigenvalue weighted by Crippen LogP contribution is 2.02. The Morgan fingerprint density at radius 1 is 0.500 bits per heavy atom. The van der Waals surface area contributed by atoms with Crippen LogP contribution in [0.15, 0.2) is 24.3 Å². The Bertz CT molecular complexity index is 72.6. The van der Waals surface area contributed by atoms with E-state index in [-0.39, 0.29) is 0 Å². The van der Waals surface area contributed by atoms with Gasteiger partial charge in [0, 0.05) is 0 Å². The molecule has 0 saturated heterocycles. The summed E-state index contributed by atoms with van der Waals surface area (Å²) in [7, 11) is 0. The fourth-order valence-electron chi connectivity index (χ4n) is 0.856. The Kier molecular flexibility index (Phi) is 2.44. The molecule has 0 atom stereocenters. The first-order valence-corrected chi connectivity index (χ1v) is 3.30. The van der Waals surface area contributed by atoms with Crippen LogP contribution in [0.1, 0.15) is 25.7 Å². The van der Waals surface area contributed by atoms with Crippen LogP contribution in [0.3, 0.4) is 0 Å². The second-order valence-corrected chi connectivity index (χ2v) is 2.10. The minimum atomic E-state index is 1.23. The summed E-state index contributed by atoms with van der Waals surface area (Å²) in [4.78, 5) is 0. The summed E-state index contributed by atoms with van der Waals surface area (Å²) in [5.74, 6) is 0. The van der Waals surface area contributed by atoms with Crippen molar-refractivity contribution in [1.29, 1.82) is 0 Å². The van der Waals surface area contributed by atoms with Crippen LogP contribution in [0.2, 0.25) is 0 Å². The topological polar surface area (TPSA) is 0 Å². The molecule has 1 rings (SSSR count). The van der Waals surface area contributed by atoms with Gasteiger partial charge in [-0.2, -0.15) is 0 Å². The normalized spacial score (nSPS) is 20.0. The number of hydrogen-bond acceptors (Lipinski definition) is 0. The quantitative estimate of drug-likeness (QED) is 0.418. The van der Waals surface area contributed by atoms with Crippen LogP contribution >= 0.6 is 0 Å². The molecule has 0 unspecified atom stereocenters. The van der Waals surface area contributed by atoms with Gasteiger partial charge in [0.15, 0.2) is 0 Å². The number of hydrogen-bond donors (Lipinski definition) is 0. The first-order valence-electron chi connectivity index (χ1n) is 3.30. The second kappa shape index (κ2) is 3.48. The van der Waals surface area contributed by atoms with Crippen LogP contribution in [-0.2, 0) is 0 Å². The fraction of sp³-hybridized carbons (Fsp3) is 0.500. The van der Waals surface area contributed by atoms with Gasteiger partial charge in [0.2, 0.25) is 0 Å². The first kappa shape index (κ1) is 5.61. The van der Waals surface area contributed by atoms with E-state index in [2.05, 4.69) is 24.3 Å². The highest BCUT2D eigenvalue weighted by Gasteiger charge is 1.81. The third kappa shape index (κ3) is 1.97. The zero-order valence-electron chi connectivity index (χ0n) is 5.14. The third-order valence-corrected chi connectivity index (χ3v) is 1.33. The van der Waals surface area contributed by atoms with Crippen LogP contribution in [0, 0.1) is 0 Å². The van der Waals surface area contributed by atoms with E-state index < -0.39 is 0 Å². The van der Waals surface area contributed by atoms with Gasteiger partial charge in [-0.1, -0.05) is 24.3 Å². The molecular weight excluding hydrogens is 96.1 g/mol. The summed E-state index contributed by atoms with van der Waals surface area (Å²) in [6.45, 7) is 0. The van der Waals surface area contributed by atoms with Crippen molar-refractivity contribution in [3.05, 3.63) is 24.3 Å². The second-order valence-electron chi connectivity index (χ2n) is 2.10. The molecule has 0 aliphatic heterocycles. The monoisotopic (exact) mass is 108 g/mol. The molecule has 0 radical (unpaired) electrons. The van der Waals surface area contributed by atoms with E-state index in [1.807, 2.05) is 0 Å². The van der Waals surface area contributed by atoms with E-state index in [1.54, 1.807) is 0 Å². The highest BCUT2D eigenvalue weighted by atomic mass is 13.9. The molecule has 0 aromatic heterocycles. The van der Waals surface area contributed by atoms with Crippen LogP contribution in [0.25, 0.3) is 0 Å². The van der Waals surface area contributed by atoms with Crippen molar-refractivity contribution in [2.45, 2.75) is 25.7 Å². The average molecular weight is 108 g/mol. The predicted molar refractivity (Wildman–Crippen MR) is 36.7 cm³/mol. The molecule has 1 aliphatic rings. The molecule has 44 valence electrons. The van der Waals surface area contributed by atoms with Crippen molar-refractivity contribution in [3.63, 3.8) is 0 Å². The molecule has 0 fully saturated rings. The van der Waals surface area contributed by atoms with E-state index >= 15 is 0 Å². The molecule has 0 nitrogen and oxygen atoms in total. The van der Waals surface area contributed by atoms with Gasteiger partial charge >= 0.3 is 0 Å². The van der Waals surface area contributed by atoms with E-state index in [1.165, 1.54) is 25.7 Å². The smallest absolute Gasteiger partial charge is 0.0316 e. The van der Waals surface area contributed by atoms with Crippen LogP contribution < -0.4 is 0 Å². The van der Waals surface area contributed by atoms with Gasteiger partial charge in [-0.15, -0.1) is 0 Å². The lowest BCUT2D eigenvalue weighted by Gasteiger charge is -1.92. The maximum atomic E-state index is 2.27. The molecule has 0 aromatic rings. The van der Waals surface area contributed by atoms with Crippen LogP contribution in [0.4, 0.5) is 0 Å². The Morgan fingerprint density at radius 3 is 1.00 bits per heavy atom. The minimum Gasteiger partial charge on any atom is -0.0882 e. The molecule has 0 heterocycles. The van der Waals surface area contributed by atoms with Crippen LogP contribution in [-0.4, -0.2) is 0 Å².